The van der Waals surface area contributed by atoms with Gasteiger partial charge in [0.2, 0.25) is 0 Å². The van der Waals surface area contributed by atoms with Gasteiger partial charge in [0.1, 0.15) is 17.5 Å². The maximum Gasteiger partial charge on any atom is 0.275 e. The Bertz CT molecular complexity index is 1530. The molecule has 0 spiro atoms. The van der Waals surface area contributed by atoms with Crippen LogP contribution in [0.2, 0.25) is 0 Å². The normalized spacial score (nSPS) is 16.2. The predicted molar refractivity (Wildman–Crippen MR) is 168 cm³/mol. The third-order valence-corrected chi connectivity index (χ3v) is 7.36. The summed E-state index contributed by atoms with van der Waals surface area (Å²) in [5.74, 6) is -2.48. The average Bonchev–Trinajstić information content (AvgIpc) is 3.09. The fourth-order valence-corrected chi connectivity index (χ4v) is 5.01. The lowest BCUT2D eigenvalue weighted by molar-refractivity contribution is -0.385. The summed E-state index contributed by atoms with van der Waals surface area (Å²) in [6.07, 6.45) is 0. The summed E-state index contributed by atoms with van der Waals surface area (Å²) in [6.45, 7) is 8.09. The van der Waals surface area contributed by atoms with Crippen LogP contribution in [0.4, 0.5) is 47.3 Å². The molecule has 18 heteroatoms. The molecule has 258 valence electrons. The standard InChI is InChI=1S/C14H19N3O4.C10H11FN2O3.C6H3F2NO2/c18-17(19)14-10-12(15-1-5-20-6-2-15)9-13(11-14)16-3-7-21-8-4-16;11-8-5-9(7-10(6-8)13(14)15)12-1-3-16-4-2-12;7-4-1-5(8)3-6(2-4)9(10)11/h9-11H,1-8H2;5-7H,1-4H2;1-3H. The third kappa shape index (κ3) is 10.5. The molecule has 0 aliphatic carbocycles. The molecule has 0 bridgehead atoms. The zero-order chi connectivity index (χ0) is 34.6. The molecule has 3 saturated heterocycles. The van der Waals surface area contributed by atoms with Crippen molar-refractivity contribution in [1.82, 2.24) is 0 Å². The van der Waals surface area contributed by atoms with Crippen LogP contribution in [0, 0.1) is 47.8 Å². The van der Waals surface area contributed by atoms with Crippen LogP contribution < -0.4 is 14.7 Å². The monoisotopic (exact) mass is 678 g/mol. The van der Waals surface area contributed by atoms with Gasteiger partial charge in [-0.3, -0.25) is 30.3 Å². The van der Waals surface area contributed by atoms with Crippen molar-refractivity contribution < 1.29 is 42.2 Å². The summed E-state index contributed by atoms with van der Waals surface area (Å²) in [6, 6.07) is 10.8. The van der Waals surface area contributed by atoms with E-state index in [-0.39, 0.29) is 16.3 Å². The Hall–Kier alpha value is -5.07. The number of hydrogen-bond acceptors (Lipinski definition) is 12. The zero-order valence-electron chi connectivity index (χ0n) is 25.7. The zero-order valence-corrected chi connectivity index (χ0v) is 25.7. The molecule has 3 aromatic carbocycles. The summed E-state index contributed by atoms with van der Waals surface area (Å²) in [7, 11) is 0. The number of rotatable bonds is 6. The van der Waals surface area contributed by atoms with E-state index in [2.05, 4.69) is 9.80 Å². The van der Waals surface area contributed by atoms with E-state index in [1.165, 1.54) is 12.1 Å². The van der Waals surface area contributed by atoms with Gasteiger partial charge in [0, 0.05) is 80.6 Å². The molecule has 0 radical (unpaired) electrons. The minimum absolute atomic E-state index is 0.139. The molecule has 0 atom stereocenters. The first-order chi connectivity index (χ1) is 23.0. The second-order valence-corrected chi connectivity index (χ2v) is 10.6. The van der Waals surface area contributed by atoms with Crippen LogP contribution in [-0.2, 0) is 14.2 Å². The Balaban J connectivity index is 0.000000171. The van der Waals surface area contributed by atoms with Crippen LogP contribution in [-0.4, -0.2) is 93.7 Å². The van der Waals surface area contributed by atoms with Crippen LogP contribution in [0.1, 0.15) is 0 Å². The van der Waals surface area contributed by atoms with E-state index < -0.39 is 33.0 Å². The summed E-state index contributed by atoms with van der Waals surface area (Å²) >= 11 is 0. The van der Waals surface area contributed by atoms with E-state index in [0.29, 0.717) is 76.6 Å². The fourth-order valence-electron chi connectivity index (χ4n) is 5.01. The van der Waals surface area contributed by atoms with Crippen molar-refractivity contribution in [1.29, 1.82) is 0 Å². The van der Waals surface area contributed by atoms with E-state index in [0.717, 1.165) is 43.6 Å². The number of ether oxygens (including phenoxy) is 3. The highest BCUT2D eigenvalue weighted by molar-refractivity contribution is 5.66. The number of anilines is 3. The highest BCUT2D eigenvalue weighted by Crippen LogP contribution is 2.30. The van der Waals surface area contributed by atoms with Crippen molar-refractivity contribution >= 4 is 34.1 Å². The maximum atomic E-state index is 13.2. The van der Waals surface area contributed by atoms with Crippen molar-refractivity contribution in [3.8, 4) is 0 Å². The quantitative estimate of drug-likeness (QED) is 0.261. The molecule has 3 heterocycles. The van der Waals surface area contributed by atoms with Gasteiger partial charge in [-0.2, -0.15) is 0 Å². The molecule has 0 amide bonds. The first-order valence-electron chi connectivity index (χ1n) is 14.8. The van der Waals surface area contributed by atoms with Gasteiger partial charge in [0.05, 0.1) is 72.6 Å². The lowest BCUT2D eigenvalue weighted by Crippen LogP contribution is -2.38. The van der Waals surface area contributed by atoms with Crippen LogP contribution in [0.15, 0.2) is 54.6 Å². The van der Waals surface area contributed by atoms with Crippen molar-refractivity contribution in [2.45, 2.75) is 0 Å². The second kappa shape index (κ2) is 17.2. The number of morpholine rings is 3. The largest absolute Gasteiger partial charge is 0.378 e. The lowest BCUT2D eigenvalue weighted by Gasteiger charge is -2.32. The van der Waals surface area contributed by atoms with E-state index in [1.54, 1.807) is 12.1 Å². The summed E-state index contributed by atoms with van der Waals surface area (Å²) < 4.78 is 53.5. The first kappa shape index (κ1) is 35.8. The highest BCUT2D eigenvalue weighted by Gasteiger charge is 2.20. The molecule has 3 aromatic rings. The topological polar surface area (TPSA) is 167 Å². The van der Waals surface area contributed by atoms with Crippen LogP contribution in [0.3, 0.4) is 0 Å². The van der Waals surface area contributed by atoms with Crippen LogP contribution in [0.25, 0.3) is 0 Å². The van der Waals surface area contributed by atoms with Crippen LogP contribution in [0.5, 0.6) is 0 Å². The molecule has 3 aliphatic rings. The third-order valence-electron chi connectivity index (χ3n) is 7.36. The molecule has 0 N–H and O–H groups in total. The van der Waals surface area contributed by atoms with E-state index >= 15 is 0 Å². The minimum Gasteiger partial charge on any atom is -0.378 e. The molecule has 48 heavy (non-hydrogen) atoms. The Labute approximate surface area is 272 Å². The van der Waals surface area contributed by atoms with Gasteiger partial charge in [0.25, 0.3) is 17.1 Å². The predicted octanol–water partition coefficient (Wildman–Crippen LogP) is 4.71. The first-order valence-corrected chi connectivity index (χ1v) is 14.8. The molecule has 0 saturated carbocycles. The van der Waals surface area contributed by atoms with Crippen molar-refractivity contribution in [2.24, 2.45) is 0 Å². The highest BCUT2D eigenvalue weighted by atomic mass is 19.1. The van der Waals surface area contributed by atoms with E-state index in [4.69, 9.17) is 14.2 Å². The van der Waals surface area contributed by atoms with Crippen LogP contribution >= 0.6 is 0 Å². The van der Waals surface area contributed by atoms with Crippen molar-refractivity contribution in [3.05, 3.63) is 102 Å². The maximum absolute atomic E-state index is 13.2. The Morgan fingerprint density at radius 3 is 1.04 bits per heavy atom. The molecule has 0 unspecified atom stereocenters. The molecular formula is C30H33F3N6O9. The molecular weight excluding hydrogens is 645 g/mol. The molecule has 3 fully saturated rings. The molecule has 15 nitrogen and oxygen atoms in total. The fraction of sp³-hybridized carbons (Fsp3) is 0.400. The number of benzene rings is 3. The van der Waals surface area contributed by atoms with E-state index in [1.807, 2.05) is 11.0 Å². The second-order valence-electron chi connectivity index (χ2n) is 10.6. The van der Waals surface area contributed by atoms with Gasteiger partial charge in [-0.25, -0.2) is 13.2 Å². The SMILES string of the molecule is O=[N+]([O-])c1cc(F)cc(F)c1.O=[N+]([O-])c1cc(F)cc(N2CCOCC2)c1.O=[N+]([O-])c1cc(N2CCOCC2)cc(N2CCOCC2)c1. The summed E-state index contributed by atoms with van der Waals surface area (Å²) in [4.78, 5) is 36.1. The number of halogens is 3. The Kier molecular flexibility index (Phi) is 12.8. The van der Waals surface area contributed by atoms with Gasteiger partial charge in [-0.05, 0) is 12.1 Å². The van der Waals surface area contributed by atoms with Gasteiger partial charge >= 0.3 is 0 Å². The molecule has 0 aromatic heterocycles. The number of nitro groups is 3. The number of non-ortho nitro benzene ring substituents is 3. The van der Waals surface area contributed by atoms with E-state index in [9.17, 15) is 43.5 Å². The Morgan fingerprint density at radius 1 is 0.438 bits per heavy atom. The Morgan fingerprint density at radius 2 is 0.708 bits per heavy atom. The summed E-state index contributed by atoms with van der Waals surface area (Å²) in [5.41, 5.74) is 1.67. The van der Waals surface area contributed by atoms with Gasteiger partial charge < -0.3 is 28.9 Å². The number of hydrogen-bond donors (Lipinski definition) is 0. The van der Waals surface area contributed by atoms with Gasteiger partial charge in [-0.1, -0.05) is 0 Å². The average molecular weight is 679 g/mol. The lowest BCUT2D eigenvalue weighted by atomic mass is 10.2. The summed E-state index contributed by atoms with van der Waals surface area (Å²) in [5, 5.41) is 31.8. The minimum atomic E-state index is -0.948. The van der Waals surface area contributed by atoms with Gasteiger partial charge in [0.15, 0.2) is 0 Å². The number of nitro benzene ring substituents is 3. The smallest absolute Gasteiger partial charge is 0.275 e. The van der Waals surface area contributed by atoms with Crippen molar-refractivity contribution in [2.75, 3.05) is 93.6 Å². The van der Waals surface area contributed by atoms with Crippen molar-refractivity contribution in [3.63, 3.8) is 0 Å². The number of nitrogens with zero attached hydrogens (tertiary/aromatic N) is 6. The van der Waals surface area contributed by atoms with Gasteiger partial charge in [-0.15, -0.1) is 0 Å². The molecule has 6 rings (SSSR count). The molecule has 3 aliphatic heterocycles.